The topological polar surface area (TPSA) is 84.5 Å². The number of para-hydroxylation sites is 1. The second kappa shape index (κ2) is 8.27. The maximum Gasteiger partial charge on any atom is 0.270 e. The van der Waals surface area contributed by atoms with E-state index in [9.17, 15) is 9.59 Å². The number of fused-ring (bicyclic) bond motifs is 2. The highest BCUT2D eigenvalue weighted by Crippen LogP contribution is 2.34. The van der Waals surface area contributed by atoms with Gasteiger partial charge in [0, 0.05) is 24.4 Å². The summed E-state index contributed by atoms with van der Waals surface area (Å²) in [6, 6.07) is 13.2. The van der Waals surface area contributed by atoms with Crippen LogP contribution in [0.4, 0.5) is 0 Å². The smallest absolute Gasteiger partial charge is 0.270 e. The molecule has 0 saturated carbocycles. The van der Waals surface area contributed by atoms with Gasteiger partial charge in [0.1, 0.15) is 17.2 Å². The van der Waals surface area contributed by atoms with Crippen molar-refractivity contribution in [3.8, 4) is 11.5 Å². The molecule has 0 unspecified atom stereocenters. The molecule has 1 fully saturated rings. The number of piperidine rings is 1. The number of likely N-dealkylation sites (tertiary alicyclic amines) is 1. The number of H-pyrrole nitrogens is 1. The number of carbonyl (C=O) groups excluding carboxylic acids is 2. The Morgan fingerprint density at radius 1 is 1.06 bits per heavy atom. The first-order valence-corrected chi connectivity index (χ1v) is 11.3. The van der Waals surface area contributed by atoms with Gasteiger partial charge in [0.15, 0.2) is 10.8 Å². The number of ether oxygens (including phenoxy) is 2. The highest BCUT2D eigenvalue weighted by Gasteiger charge is 2.30. The first kappa shape index (κ1) is 20.5. The molecule has 0 bridgehead atoms. The molecule has 164 valence electrons. The lowest BCUT2D eigenvalue weighted by atomic mass is 9.92. The zero-order valence-electron chi connectivity index (χ0n) is 17.9. The van der Waals surface area contributed by atoms with Crippen LogP contribution in [0.3, 0.4) is 0 Å². The highest BCUT2D eigenvalue weighted by molar-refractivity contribution is 7.20. The van der Waals surface area contributed by atoms with E-state index in [1.807, 2.05) is 36.4 Å². The Morgan fingerprint density at radius 2 is 1.78 bits per heavy atom. The number of rotatable bonds is 5. The van der Waals surface area contributed by atoms with Gasteiger partial charge in [-0.1, -0.05) is 12.1 Å². The number of thiazole rings is 1. The van der Waals surface area contributed by atoms with Crippen LogP contribution in [0.1, 0.15) is 33.1 Å². The highest BCUT2D eigenvalue weighted by atomic mass is 32.1. The number of nitrogens with one attached hydrogen (secondary N) is 1. The third kappa shape index (κ3) is 3.50. The van der Waals surface area contributed by atoms with E-state index in [4.69, 9.17) is 9.47 Å². The van der Waals surface area contributed by atoms with Gasteiger partial charge in [0.2, 0.25) is 0 Å². The average molecular weight is 450 g/mol. The Morgan fingerprint density at radius 3 is 2.50 bits per heavy atom. The van der Waals surface area contributed by atoms with Crippen LogP contribution in [0.25, 0.3) is 21.1 Å². The summed E-state index contributed by atoms with van der Waals surface area (Å²) in [5.74, 6) is 1.22. The number of hydrogen-bond acceptors (Lipinski definition) is 6. The monoisotopic (exact) mass is 449 g/mol. The minimum atomic E-state index is -0.109. The van der Waals surface area contributed by atoms with Gasteiger partial charge in [-0.25, -0.2) is 4.98 Å². The fourth-order valence-corrected chi connectivity index (χ4v) is 5.28. The Hall–Kier alpha value is -3.39. The molecule has 1 aliphatic heterocycles. The molecule has 8 heteroatoms. The van der Waals surface area contributed by atoms with Crippen molar-refractivity contribution in [1.82, 2.24) is 14.9 Å². The standard InChI is InChI=1S/C24H23N3O4S/c1-30-18-7-8-19(31-2)21-15(18)13-17(25-21)24(29)27-11-9-14(10-12-27)22(28)23-26-16-5-3-4-6-20(16)32-23/h3-8,13-14,25H,9-12H2,1-2H3. The lowest BCUT2D eigenvalue weighted by molar-refractivity contribution is 0.0646. The number of hydrogen-bond donors (Lipinski definition) is 1. The van der Waals surface area contributed by atoms with Crippen molar-refractivity contribution in [2.24, 2.45) is 5.92 Å². The molecule has 32 heavy (non-hydrogen) atoms. The third-order valence-electron chi connectivity index (χ3n) is 6.04. The molecule has 1 N–H and O–H groups in total. The normalized spacial score (nSPS) is 14.8. The molecule has 0 atom stereocenters. The Labute approximate surface area is 189 Å². The van der Waals surface area contributed by atoms with Gasteiger partial charge in [-0.3, -0.25) is 9.59 Å². The number of carbonyl (C=O) groups is 2. The average Bonchev–Trinajstić information content (AvgIpc) is 3.47. The molecular formula is C24H23N3O4S. The Balaban J connectivity index is 1.30. The van der Waals surface area contributed by atoms with Crippen LogP contribution in [-0.4, -0.2) is 53.9 Å². The fraction of sp³-hybridized carbons (Fsp3) is 0.292. The van der Waals surface area contributed by atoms with Crippen LogP contribution < -0.4 is 9.47 Å². The fourth-order valence-electron chi connectivity index (χ4n) is 4.30. The second-order valence-corrected chi connectivity index (χ2v) is 8.89. The van der Waals surface area contributed by atoms with E-state index < -0.39 is 0 Å². The summed E-state index contributed by atoms with van der Waals surface area (Å²) >= 11 is 1.44. The van der Waals surface area contributed by atoms with Crippen LogP contribution in [0, 0.1) is 5.92 Å². The van der Waals surface area contributed by atoms with Crippen LogP contribution in [0.2, 0.25) is 0 Å². The van der Waals surface area contributed by atoms with Crippen molar-refractivity contribution in [2.75, 3.05) is 27.3 Å². The number of amides is 1. The number of aromatic amines is 1. The van der Waals surface area contributed by atoms with E-state index in [0.717, 1.165) is 21.1 Å². The number of nitrogens with zero attached hydrogens (tertiary/aromatic N) is 2. The lowest BCUT2D eigenvalue weighted by Crippen LogP contribution is -2.40. The molecule has 1 amide bonds. The molecule has 1 aliphatic rings. The summed E-state index contributed by atoms with van der Waals surface area (Å²) in [5.41, 5.74) is 2.08. The van der Waals surface area contributed by atoms with Gasteiger partial charge in [-0.05, 0) is 43.2 Å². The van der Waals surface area contributed by atoms with Crippen LogP contribution >= 0.6 is 11.3 Å². The number of benzene rings is 2. The Kier molecular flexibility index (Phi) is 5.30. The van der Waals surface area contributed by atoms with E-state index in [-0.39, 0.29) is 17.6 Å². The van der Waals surface area contributed by atoms with Gasteiger partial charge >= 0.3 is 0 Å². The van der Waals surface area contributed by atoms with Crippen molar-refractivity contribution < 1.29 is 19.1 Å². The maximum atomic E-state index is 13.2. The number of aromatic nitrogens is 2. The predicted octanol–water partition coefficient (Wildman–Crippen LogP) is 4.53. The zero-order chi connectivity index (χ0) is 22.2. The lowest BCUT2D eigenvalue weighted by Gasteiger charge is -2.30. The summed E-state index contributed by atoms with van der Waals surface area (Å²) in [4.78, 5) is 35.6. The first-order chi connectivity index (χ1) is 15.6. The summed E-state index contributed by atoms with van der Waals surface area (Å²) in [6.07, 6.45) is 1.26. The second-order valence-electron chi connectivity index (χ2n) is 7.86. The van der Waals surface area contributed by atoms with E-state index in [0.29, 0.717) is 48.1 Å². The van der Waals surface area contributed by atoms with E-state index in [1.54, 1.807) is 25.2 Å². The predicted molar refractivity (Wildman–Crippen MR) is 124 cm³/mol. The summed E-state index contributed by atoms with van der Waals surface area (Å²) in [5, 5.41) is 1.36. The summed E-state index contributed by atoms with van der Waals surface area (Å²) in [6.45, 7) is 1.06. The molecule has 0 spiro atoms. The first-order valence-electron chi connectivity index (χ1n) is 10.5. The van der Waals surface area contributed by atoms with Crippen LogP contribution in [0.5, 0.6) is 11.5 Å². The van der Waals surface area contributed by atoms with Gasteiger partial charge in [0.25, 0.3) is 5.91 Å². The van der Waals surface area contributed by atoms with E-state index >= 15 is 0 Å². The van der Waals surface area contributed by atoms with Crippen molar-refractivity contribution >= 4 is 44.1 Å². The molecule has 7 nitrogen and oxygen atoms in total. The molecule has 2 aromatic heterocycles. The number of methoxy groups -OCH3 is 2. The third-order valence-corrected chi connectivity index (χ3v) is 7.09. The molecule has 3 heterocycles. The zero-order valence-corrected chi connectivity index (χ0v) is 18.7. The SMILES string of the molecule is COc1ccc(OC)c2[nH]c(C(=O)N3CCC(C(=O)c4nc5ccccc5s4)CC3)cc12. The van der Waals surface area contributed by atoms with Crippen molar-refractivity contribution in [3.05, 3.63) is 53.2 Å². The van der Waals surface area contributed by atoms with Crippen molar-refractivity contribution in [3.63, 3.8) is 0 Å². The van der Waals surface area contributed by atoms with Gasteiger partial charge in [-0.15, -0.1) is 11.3 Å². The van der Waals surface area contributed by atoms with Gasteiger partial charge in [0.05, 0.1) is 30.0 Å². The summed E-state index contributed by atoms with van der Waals surface area (Å²) < 4.78 is 11.9. The van der Waals surface area contributed by atoms with Crippen LogP contribution in [0.15, 0.2) is 42.5 Å². The Bertz CT molecular complexity index is 1240. The largest absolute Gasteiger partial charge is 0.496 e. The number of ketones is 1. The van der Waals surface area contributed by atoms with Crippen molar-refractivity contribution in [2.45, 2.75) is 12.8 Å². The molecule has 5 rings (SSSR count). The van der Waals surface area contributed by atoms with Crippen LogP contribution in [-0.2, 0) is 0 Å². The van der Waals surface area contributed by atoms with E-state index in [2.05, 4.69) is 9.97 Å². The molecule has 4 aromatic rings. The van der Waals surface area contributed by atoms with Gasteiger partial charge in [-0.2, -0.15) is 0 Å². The minimum Gasteiger partial charge on any atom is -0.496 e. The molecule has 2 aromatic carbocycles. The minimum absolute atomic E-state index is 0.0818. The quantitative estimate of drug-likeness (QED) is 0.453. The van der Waals surface area contributed by atoms with Gasteiger partial charge < -0.3 is 19.4 Å². The number of Topliss-reactive ketones (excluding diaryl/α,β-unsaturated/α-hetero) is 1. The molecule has 0 radical (unpaired) electrons. The summed E-state index contributed by atoms with van der Waals surface area (Å²) in [7, 11) is 3.19. The maximum absolute atomic E-state index is 13.2. The molecule has 1 saturated heterocycles. The van der Waals surface area contributed by atoms with Crippen molar-refractivity contribution in [1.29, 1.82) is 0 Å². The molecular weight excluding hydrogens is 426 g/mol. The molecule has 0 aliphatic carbocycles. The van der Waals surface area contributed by atoms with E-state index in [1.165, 1.54) is 11.3 Å².